The van der Waals surface area contributed by atoms with E-state index in [0.29, 0.717) is 41.6 Å². The summed E-state index contributed by atoms with van der Waals surface area (Å²) in [5.41, 5.74) is 1.21. The van der Waals surface area contributed by atoms with Crippen molar-refractivity contribution in [1.82, 2.24) is 5.32 Å². The van der Waals surface area contributed by atoms with Crippen molar-refractivity contribution in [3.63, 3.8) is 0 Å². The van der Waals surface area contributed by atoms with E-state index in [4.69, 9.17) is 21.1 Å². The fraction of sp³-hybridized carbons (Fsp3) is 0.238. The Morgan fingerprint density at radius 3 is 2.75 bits per heavy atom. The van der Waals surface area contributed by atoms with E-state index >= 15 is 0 Å². The molecule has 1 heterocycles. The topological polar surface area (TPSA) is 67.9 Å². The van der Waals surface area contributed by atoms with Crippen LogP contribution in [0.1, 0.15) is 12.0 Å². The fourth-order valence-electron chi connectivity index (χ4n) is 2.80. The highest BCUT2D eigenvalue weighted by Gasteiger charge is 2.31. The van der Waals surface area contributed by atoms with E-state index in [1.54, 1.807) is 43.5 Å². The van der Waals surface area contributed by atoms with Crippen molar-refractivity contribution in [3.8, 4) is 5.75 Å². The molecule has 0 saturated heterocycles. The molecule has 1 aliphatic rings. The Balaban J connectivity index is 1.83. The molecule has 3 rings (SSSR count). The van der Waals surface area contributed by atoms with Crippen molar-refractivity contribution in [2.24, 2.45) is 0 Å². The number of para-hydroxylation sites is 2. The molecule has 146 valence electrons. The molecule has 0 atom stereocenters. The van der Waals surface area contributed by atoms with Gasteiger partial charge in [-0.3, -0.25) is 14.5 Å². The highest BCUT2D eigenvalue weighted by atomic mass is 35.5. The summed E-state index contributed by atoms with van der Waals surface area (Å²) in [4.78, 5) is 26.7. The number of halogens is 1. The van der Waals surface area contributed by atoms with Crippen LogP contribution in [0.2, 0.25) is 5.02 Å². The normalized spacial score (nSPS) is 14.6. The van der Waals surface area contributed by atoms with Gasteiger partial charge in [-0.2, -0.15) is 0 Å². The number of carbonyl (C=O) groups is 2. The summed E-state index contributed by atoms with van der Waals surface area (Å²) < 4.78 is 10.8. The molecule has 0 aromatic heterocycles. The first-order valence-corrected chi connectivity index (χ1v) is 9.28. The molecule has 0 unspecified atom stereocenters. The van der Waals surface area contributed by atoms with Gasteiger partial charge in [0.05, 0.1) is 5.69 Å². The Labute approximate surface area is 168 Å². The molecule has 0 radical (unpaired) electrons. The second kappa shape index (κ2) is 9.39. The zero-order valence-corrected chi connectivity index (χ0v) is 16.2. The number of amides is 2. The van der Waals surface area contributed by atoms with Crippen LogP contribution in [0.4, 0.5) is 5.69 Å². The number of hydrogen-bond donors (Lipinski definition) is 1. The minimum absolute atomic E-state index is 0.105. The standard InChI is InChI=1S/C21H21ClN2O4/c1-27-12-6-11-23-20(25)14-24-17-9-4-5-10-18(17)28-19(21(24)26)13-15-7-2-3-8-16(15)22/h2-5,7-10,13H,6,11-12,14H2,1H3,(H,23,25). The van der Waals surface area contributed by atoms with Crippen LogP contribution < -0.4 is 15.0 Å². The average molecular weight is 401 g/mol. The Morgan fingerprint density at radius 2 is 1.96 bits per heavy atom. The van der Waals surface area contributed by atoms with Gasteiger partial charge < -0.3 is 14.8 Å². The van der Waals surface area contributed by atoms with E-state index in [2.05, 4.69) is 5.32 Å². The van der Waals surface area contributed by atoms with Crippen LogP contribution in [0.5, 0.6) is 5.75 Å². The van der Waals surface area contributed by atoms with E-state index in [9.17, 15) is 9.59 Å². The molecule has 0 bridgehead atoms. The second-order valence-corrected chi connectivity index (χ2v) is 6.59. The lowest BCUT2D eigenvalue weighted by atomic mass is 10.1. The van der Waals surface area contributed by atoms with Crippen LogP contribution in [0.15, 0.2) is 54.3 Å². The third kappa shape index (κ3) is 4.71. The van der Waals surface area contributed by atoms with Gasteiger partial charge >= 0.3 is 0 Å². The molecule has 2 aromatic rings. The van der Waals surface area contributed by atoms with Gasteiger partial charge in [-0.05, 0) is 36.3 Å². The fourth-order valence-corrected chi connectivity index (χ4v) is 2.99. The first kappa shape index (κ1) is 19.9. The van der Waals surface area contributed by atoms with Gasteiger partial charge in [0.15, 0.2) is 11.5 Å². The Kier molecular flexibility index (Phi) is 6.68. The molecule has 6 nitrogen and oxygen atoms in total. The molecule has 0 spiro atoms. The Hall–Kier alpha value is -2.83. The molecule has 1 N–H and O–H groups in total. The maximum atomic E-state index is 13.0. The van der Waals surface area contributed by atoms with Gasteiger partial charge in [-0.1, -0.05) is 41.9 Å². The van der Waals surface area contributed by atoms with Gasteiger partial charge in [0, 0.05) is 25.3 Å². The second-order valence-electron chi connectivity index (χ2n) is 6.19. The number of hydrogen-bond acceptors (Lipinski definition) is 4. The minimum atomic E-state index is -0.398. The molecule has 0 saturated carbocycles. The number of nitrogens with zero attached hydrogens (tertiary/aromatic N) is 1. The van der Waals surface area contributed by atoms with Crippen molar-refractivity contribution in [2.75, 3.05) is 31.7 Å². The van der Waals surface area contributed by atoms with Crippen molar-refractivity contribution < 1.29 is 19.1 Å². The van der Waals surface area contributed by atoms with E-state index in [0.717, 1.165) is 0 Å². The maximum Gasteiger partial charge on any atom is 0.294 e. The van der Waals surface area contributed by atoms with Crippen LogP contribution in [0, 0.1) is 0 Å². The summed E-state index contributed by atoms with van der Waals surface area (Å²) >= 11 is 6.20. The number of methoxy groups -OCH3 is 1. The highest BCUT2D eigenvalue weighted by Crippen LogP contribution is 2.35. The number of fused-ring (bicyclic) bond motifs is 1. The van der Waals surface area contributed by atoms with Gasteiger partial charge in [-0.25, -0.2) is 0 Å². The van der Waals surface area contributed by atoms with Crippen molar-refractivity contribution in [3.05, 3.63) is 64.9 Å². The molecule has 1 aliphatic heterocycles. The summed E-state index contributed by atoms with van der Waals surface area (Å²) in [6.45, 7) is 0.936. The molecule has 2 amide bonds. The quantitative estimate of drug-likeness (QED) is 0.572. The van der Waals surface area contributed by atoms with Crippen molar-refractivity contribution in [1.29, 1.82) is 0 Å². The number of carbonyl (C=O) groups excluding carboxylic acids is 2. The number of benzene rings is 2. The van der Waals surface area contributed by atoms with Crippen LogP contribution in [0.25, 0.3) is 6.08 Å². The lowest BCUT2D eigenvalue weighted by Gasteiger charge is -2.30. The monoisotopic (exact) mass is 400 g/mol. The highest BCUT2D eigenvalue weighted by molar-refractivity contribution is 6.32. The molecule has 0 aliphatic carbocycles. The summed E-state index contributed by atoms with van der Waals surface area (Å²) in [7, 11) is 1.61. The number of rotatable bonds is 7. The first-order valence-electron chi connectivity index (χ1n) is 8.91. The van der Waals surface area contributed by atoms with Gasteiger partial charge in [-0.15, -0.1) is 0 Å². The van der Waals surface area contributed by atoms with E-state index < -0.39 is 5.91 Å². The Bertz CT molecular complexity index is 897. The van der Waals surface area contributed by atoms with E-state index in [1.165, 1.54) is 4.90 Å². The van der Waals surface area contributed by atoms with Gasteiger partial charge in [0.2, 0.25) is 5.91 Å². The van der Waals surface area contributed by atoms with Crippen LogP contribution in [0.3, 0.4) is 0 Å². The molecule has 0 fully saturated rings. The van der Waals surface area contributed by atoms with E-state index in [1.807, 2.05) is 18.2 Å². The largest absolute Gasteiger partial charge is 0.449 e. The lowest BCUT2D eigenvalue weighted by molar-refractivity contribution is -0.123. The summed E-state index contributed by atoms with van der Waals surface area (Å²) in [6, 6.07) is 14.3. The molecule has 28 heavy (non-hydrogen) atoms. The lowest BCUT2D eigenvalue weighted by Crippen LogP contribution is -2.44. The molecule has 2 aromatic carbocycles. The molecule has 7 heteroatoms. The number of ether oxygens (including phenoxy) is 2. The zero-order chi connectivity index (χ0) is 19.9. The van der Waals surface area contributed by atoms with Crippen LogP contribution in [-0.4, -0.2) is 38.6 Å². The van der Waals surface area contributed by atoms with Gasteiger partial charge in [0.25, 0.3) is 5.91 Å². The van der Waals surface area contributed by atoms with Crippen LogP contribution in [-0.2, 0) is 14.3 Å². The number of anilines is 1. The summed E-state index contributed by atoms with van der Waals surface area (Å²) in [5, 5.41) is 3.30. The Morgan fingerprint density at radius 1 is 1.21 bits per heavy atom. The third-order valence-corrected chi connectivity index (χ3v) is 4.52. The van der Waals surface area contributed by atoms with E-state index in [-0.39, 0.29) is 18.2 Å². The van der Waals surface area contributed by atoms with Crippen molar-refractivity contribution in [2.45, 2.75) is 6.42 Å². The summed E-state index contributed by atoms with van der Waals surface area (Å²) in [6.07, 6.45) is 2.29. The third-order valence-electron chi connectivity index (χ3n) is 4.17. The maximum absolute atomic E-state index is 13.0. The van der Waals surface area contributed by atoms with Crippen molar-refractivity contribution >= 4 is 35.2 Å². The minimum Gasteiger partial charge on any atom is -0.449 e. The number of nitrogens with one attached hydrogen (secondary N) is 1. The average Bonchev–Trinajstić information content (AvgIpc) is 2.70. The SMILES string of the molecule is COCCCNC(=O)CN1C(=O)C(=Cc2ccccc2Cl)Oc2ccccc21. The molecular formula is C21H21ClN2O4. The zero-order valence-electron chi connectivity index (χ0n) is 15.5. The predicted octanol–water partition coefficient (Wildman–Crippen LogP) is 3.26. The predicted molar refractivity (Wildman–Crippen MR) is 108 cm³/mol. The van der Waals surface area contributed by atoms with Gasteiger partial charge in [0.1, 0.15) is 6.54 Å². The molecular weight excluding hydrogens is 380 g/mol. The first-order chi connectivity index (χ1) is 13.6. The smallest absolute Gasteiger partial charge is 0.294 e. The van der Waals surface area contributed by atoms with Crippen LogP contribution >= 0.6 is 11.6 Å². The summed E-state index contributed by atoms with van der Waals surface area (Å²) in [5.74, 6) is -0.0320.